The van der Waals surface area contributed by atoms with Crippen LogP contribution in [0.1, 0.15) is 22.4 Å². The molecule has 7 heteroatoms. The molecule has 0 amide bonds. The summed E-state index contributed by atoms with van der Waals surface area (Å²) in [6.07, 6.45) is 2.31. The van der Waals surface area contributed by atoms with Gasteiger partial charge >= 0.3 is 0 Å². The van der Waals surface area contributed by atoms with Gasteiger partial charge in [-0.15, -0.1) is 0 Å². The smallest absolute Gasteiger partial charge is 0.218 e. The Labute approximate surface area is 170 Å². The molecule has 1 aromatic heterocycles. The molecule has 0 aliphatic carbocycles. The van der Waals surface area contributed by atoms with Gasteiger partial charge in [0.15, 0.2) is 5.82 Å². The third-order valence-electron chi connectivity index (χ3n) is 4.86. The summed E-state index contributed by atoms with van der Waals surface area (Å²) in [6.45, 7) is 2.72. The maximum absolute atomic E-state index is 12.8. The standard InChI is InChI=1S/C21H20ClN3O2S/c1-15-2-4-16(5-3-15)14-28(26,27)25-11-10-20-18(13-25)12-23-21(24-20)17-6-8-19(22)9-7-17/h2-9,12H,10-11,13-14H2,1H3. The van der Waals surface area contributed by atoms with Gasteiger partial charge in [-0.3, -0.25) is 0 Å². The highest BCUT2D eigenvalue weighted by Gasteiger charge is 2.28. The fourth-order valence-corrected chi connectivity index (χ4v) is 4.88. The maximum atomic E-state index is 12.8. The van der Waals surface area contributed by atoms with E-state index in [0.717, 1.165) is 27.9 Å². The van der Waals surface area contributed by atoms with Crippen LogP contribution in [0.15, 0.2) is 54.7 Å². The molecular formula is C21H20ClN3O2S. The number of sulfonamides is 1. The predicted molar refractivity (Wildman–Crippen MR) is 110 cm³/mol. The van der Waals surface area contributed by atoms with E-state index in [9.17, 15) is 8.42 Å². The van der Waals surface area contributed by atoms with Crippen molar-refractivity contribution in [3.63, 3.8) is 0 Å². The molecule has 28 heavy (non-hydrogen) atoms. The summed E-state index contributed by atoms with van der Waals surface area (Å²) >= 11 is 5.94. The average Bonchev–Trinajstić information content (AvgIpc) is 2.69. The van der Waals surface area contributed by atoms with Gasteiger partial charge in [-0.1, -0.05) is 41.4 Å². The van der Waals surface area contributed by atoms with Crippen LogP contribution in [0, 0.1) is 6.92 Å². The van der Waals surface area contributed by atoms with Crippen molar-refractivity contribution >= 4 is 21.6 Å². The monoisotopic (exact) mass is 413 g/mol. The summed E-state index contributed by atoms with van der Waals surface area (Å²) in [4.78, 5) is 9.07. The Morgan fingerprint density at radius 1 is 1.07 bits per heavy atom. The van der Waals surface area contributed by atoms with Crippen LogP contribution in [0.4, 0.5) is 0 Å². The third-order valence-corrected chi connectivity index (χ3v) is 6.91. The lowest BCUT2D eigenvalue weighted by Gasteiger charge is -2.27. The second kappa shape index (κ2) is 7.62. The van der Waals surface area contributed by atoms with E-state index in [-0.39, 0.29) is 5.75 Å². The highest BCUT2D eigenvalue weighted by atomic mass is 35.5. The van der Waals surface area contributed by atoms with Gasteiger partial charge in [-0.2, -0.15) is 4.31 Å². The van der Waals surface area contributed by atoms with Gasteiger partial charge in [0.1, 0.15) is 0 Å². The quantitative estimate of drug-likeness (QED) is 0.648. The maximum Gasteiger partial charge on any atom is 0.218 e. The molecule has 4 rings (SSSR count). The van der Waals surface area contributed by atoms with E-state index in [2.05, 4.69) is 9.97 Å². The molecule has 0 unspecified atom stereocenters. The minimum atomic E-state index is -3.40. The van der Waals surface area contributed by atoms with E-state index < -0.39 is 10.0 Å². The Balaban J connectivity index is 1.53. The zero-order valence-electron chi connectivity index (χ0n) is 15.5. The summed E-state index contributed by atoms with van der Waals surface area (Å²) in [6, 6.07) is 15.0. The number of hydrogen-bond acceptors (Lipinski definition) is 4. The van der Waals surface area contributed by atoms with E-state index >= 15 is 0 Å². The van der Waals surface area contributed by atoms with E-state index in [0.29, 0.717) is 30.4 Å². The number of aromatic nitrogens is 2. The average molecular weight is 414 g/mol. The SMILES string of the molecule is Cc1ccc(CS(=O)(=O)N2CCc3nc(-c4ccc(Cl)cc4)ncc3C2)cc1. The number of benzene rings is 2. The lowest BCUT2D eigenvalue weighted by atomic mass is 10.1. The largest absolute Gasteiger partial charge is 0.236 e. The molecule has 5 nitrogen and oxygen atoms in total. The molecule has 0 bridgehead atoms. The first-order chi connectivity index (χ1) is 13.4. The second-order valence-electron chi connectivity index (χ2n) is 7.00. The molecule has 0 N–H and O–H groups in total. The van der Waals surface area contributed by atoms with Gasteiger partial charge in [0.05, 0.1) is 11.4 Å². The van der Waals surface area contributed by atoms with Gasteiger partial charge in [-0.25, -0.2) is 18.4 Å². The zero-order valence-corrected chi connectivity index (χ0v) is 17.0. The van der Waals surface area contributed by atoms with Crippen molar-refractivity contribution < 1.29 is 8.42 Å². The normalized spacial score (nSPS) is 14.6. The van der Waals surface area contributed by atoms with Crippen LogP contribution in [-0.2, 0) is 28.7 Å². The van der Waals surface area contributed by atoms with Crippen LogP contribution in [0.3, 0.4) is 0 Å². The van der Waals surface area contributed by atoms with Crippen LogP contribution in [-0.4, -0.2) is 29.2 Å². The van der Waals surface area contributed by atoms with E-state index in [1.807, 2.05) is 43.3 Å². The van der Waals surface area contributed by atoms with Crippen molar-refractivity contribution in [1.29, 1.82) is 0 Å². The lowest BCUT2D eigenvalue weighted by Crippen LogP contribution is -2.37. The van der Waals surface area contributed by atoms with Crippen molar-refractivity contribution in [3.8, 4) is 11.4 Å². The Kier molecular flexibility index (Phi) is 5.19. The predicted octanol–water partition coefficient (Wildman–Crippen LogP) is 3.99. The summed E-state index contributed by atoms with van der Waals surface area (Å²) < 4.78 is 27.2. The molecule has 1 aliphatic rings. The van der Waals surface area contributed by atoms with Gasteiger partial charge in [-0.05, 0) is 36.8 Å². The molecule has 1 aliphatic heterocycles. The molecule has 2 heterocycles. The minimum absolute atomic E-state index is 0.00628. The van der Waals surface area contributed by atoms with Crippen molar-refractivity contribution in [2.45, 2.75) is 25.6 Å². The van der Waals surface area contributed by atoms with Gasteiger partial charge in [0.2, 0.25) is 10.0 Å². The van der Waals surface area contributed by atoms with Crippen molar-refractivity contribution in [3.05, 3.63) is 82.1 Å². The van der Waals surface area contributed by atoms with Crippen LogP contribution in [0.5, 0.6) is 0 Å². The molecule has 0 fully saturated rings. The number of fused-ring (bicyclic) bond motifs is 1. The molecule has 2 aromatic carbocycles. The highest BCUT2D eigenvalue weighted by molar-refractivity contribution is 7.88. The van der Waals surface area contributed by atoms with E-state index in [1.165, 1.54) is 4.31 Å². The minimum Gasteiger partial charge on any atom is -0.236 e. The first-order valence-corrected chi connectivity index (χ1v) is 11.0. The Morgan fingerprint density at radius 2 is 1.79 bits per heavy atom. The second-order valence-corrected chi connectivity index (χ2v) is 9.40. The summed E-state index contributed by atoms with van der Waals surface area (Å²) in [5.74, 6) is 0.637. The molecule has 0 radical (unpaired) electrons. The fourth-order valence-electron chi connectivity index (χ4n) is 3.25. The van der Waals surface area contributed by atoms with Crippen LogP contribution >= 0.6 is 11.6 Å². The van der Waals surface area contributed by atoms with Gasteiger partial charge < -0.3 is 0 Å². The number of hydrogen-bond donors (Lipinski definition) is 0. The number of rotatable bonds is 4. The topological polar surface area (TPSA) is 63.2 Å². The summed E-state index contributed by atoms with van der Waals surface area (Å²) in [5.41, 5.74) is 4.56. The van der Waals surface area contributed by atoms with Crippen molar-refractivity contribution in [1.82, 2.24) is 14.3 Å². The zero-order chi connectivity index (χ0) is 19.7. The van der Waals surface area contributed by atoms with Crippen LogP contribution < -0.4 is 0 Å². The molecule has 144 valence electrons. The molecule has 0 saturated heterocycles. The number of halogens is 1. The van der Waals surface area contributed by atoms with E-state index in [4.69, 9.17) is 11.6 Å². The summed E-state index contributed by atoms with van der Waals surface area (Å²) in [5, 5.41) is 0.663. The van der Waals surface area contributed by atoms with Crippen LogP contribution in [0.2, 0.25) is 5.02 Å². The van der Waals surface area contributed by atoms with Gasteiger partial charge in [0.25, 0.3) is 0 Å². The number of aryl methyl sites for hydroxylation is 1. The van der Waals surface area contributed by atoms with Gasteiger partial charge in [0, 0.05) is 41.9 Å². The Bertz CT molecular complexity index is 1100. The molecule has 0 spiro atoms. The van der Waals surface area contributed by atoms with Crippen LogP contribution in [0.25, 0.3) is 11.4 Å². The first kappa shape index (κ1) is 19.1. The molecule has 0 saturated carbocycles. The molecule has 0 atom stereocenters. The summed E-state index contributed by atoms with van der Waals surface area (Å²) in [7, 11) is -3.40. The highest BCUT2D eigenvalue weighted by Crippen LogP contribution is 2.24. The Morgan fingerprint density at radius 3 is 2.50 bits per heavy atom. The molecular weight excluding hydrogens is 394 g/mol. The van der Waals surface area contributed by atoms with Crippen molar-refractivity contribution in [2.24, 2.45) is 0 Å². The third kappa shape index (κ3) is 4.09. The lowest BCUT2D eigenvalue weighted by molar-refractivity contribution is 0.386. The Hall–Kier alpha value is -2.28. The van der Waals surface area contributed by atoms with E-state index in [1.54, 1.807) is 18.3 Å². The number of nitrogens with zero attached hydrogens (tertiary/aromatic N) is 3. The fraction of sp³-hybridized carbons (Fsp3) is 0.238. The molecule has 3 aromatic rings. The first-order valence-electron chi connectivity index (χ1n) is 9.05. The van der Waals surface area contributed by atoms with Crippen molar-refractivity contribution in [2.75, 3.05) is 6.54 Å².